The van der Waals surface area contributed by atoms with E-state index in [1.165, 1.54) is 11.1 Å². The van der Waals surface area contributed by atoms with Gasteiger partial charge < -0.3 is 4.42 Å². The van der Waals surface area contributed by atoms with Crippen molar-refractivity contribution >= 4 is 23.3 Å². The first-order valence-electron chi connectivity index (χ1n) is 9.17. The predicted octanol–water partition coefficient (Wildman–Crippen LogP) is 4.23. The van der Waals surface area contributed by atoms with Gasteiger partial charge in [-0.3, -0.25) is 4.79 Å². The summed E-state index contributed by atoms with van der Waals surface area (Å²) in [7, 11) is 0. The molecule has 0 saturated heterocycles. The van der Waals surface area contributed by atoms with E-state index in [-0.39, 0.29) is 11.7 Å². The lowest BCUT2D eigenvalue weighted by Gasteiger charge is -2.20. The Morgan fingerprint density at radius 1 is 1.21 bits per heavy atom. The van der Waals surface area contributed by atoms with Crippen molar-refractivity contribution in [3.63, 3.8) is 0 Å². The van der Waals surface area contributed by atoms with Crippen LogP contribution in [0.4, 0.5) is 0 Å². The largest absolute Gasteiger partial charge is 0.469 e. The van der Waals surface area contributed by atoms with E-state index in [4.69, 9.17) is 4.42 Å². The number of furan rings is 1. The standard InChI is InChI=1S/C21H18N4O2S/c1-13-4-2-5-14(8-13)12-28-21-23-20-22-17-9-15(19-6-3-7-27-19)10-18(26)16(17)11-25(20)24-21/h2-8,11,15H,9-10,12H2,1H3. The number of hydrogen-bond donors (Lipinski definition) is 0. The molecule has 3 heterocycles. The number of fused-ring (bicyclic) bond motifs is 2. The van der Waals surface area contributed by atoms with E-state index >= 15 is 0 Å². The van der Waals surface area contributed by atoms with Crippen LogP contribution in [0.1, 0.15) is 45.3 Å². The number of aromatic nitrogens is 4. The van der Waals surface area contributed by atoms with Crippen molar-refractivity contribution in [2.45, 2.75) is 36.6 Å². The van der Waals surface area contributed by atoms with Gasteiger partial charge in [0.1, 0.15) is 5.76 Å². The van der Waals surface area contributed by atoms with Crippen LogP contribution in [0.25, 0.3) is 5.78 Å². The number of aryl methyl sites for hydroxylation is 1. The monoisotopic (exact) mass is 390 g/mol. The molecule has 1 aromatic carbocycles. The molecule has 0 bridgehead atoms. The summed E-state index contributed by atoms with van der Waals surface area (Å²) < 4.78 is 7.11. The van der Waals surface area contributed by atoms with Crippen molar-refractivity contribution in [1.29, 1.82) is 0 Å². The summed E-state index contributed by atoms with van der Waals surface area (Å²) in [5.74, 6) is 2.25. The fraction of sp³-hybridized carbons (Fsp3) is 0.238. The number of rotatable bonds is 4. The molecule has 3 aromatic heterocycles. The second kappa shape index (κ2) is 6.91. The van der Waals surface area contributed by atoms with Crippen LogP contribution in [-0.4, -0.2) is 25.4 Å². The molecule has 4 aromatic rings. The van der Waals surface area contributed by atoms with E-state index in [0.717, 1.165) is 17.2 Å². The lowest BCUT2D eigenvalue weighted by atomic mass is 9.85. The van der Waals surface area contributed by atoms with Crippen LogP contribution in [0, 0.1) is 6.92 Å². The zero-order valence-electron chi connectivity index (χ0n) is 15.3. The highest BCUT2D eigenvalue weighted by atomic mass is 32.2. The molecule has 7 heteroatoms. The molecular formula is C21H18N4O2S. The van der Waals surface area contributed by atoms with Crippen molar-refractivity contribution in [3.8, 4) is 0 Å². The molecule has 0 fully saturated rings. The third-order valence-corrected chi connectivity index (χ3v) is 5.87. The van der Waals surface area contributed by atoms with Gasteiger partial charge in [0.2, 0.25) is 5.16 Å². The Morgan fingerprint density at radius 2 is 2.14 bits per heavy atom. The maximum Gasteiger partial charge on any atom is 0.253 e. The number of ketones is 1. The highest BCUT2D eigenvalue weighted by Gasteiger charge is 2.30. The van der Waals surface area contributed by atoms with Gasteiger partial charge >= 0.3 is 0 Å². The third kappa shape index (κ3) is 3.22. The summed E-state index contributed by atoms with van der Waals surface area (Å²) in [6.07, 6.45) is 4.51. The number of thioether (sulfide) groups is 1. The second-order valence-electron chi connectivity index (χ2n) is 7.06. The van der Waals surface area contributed by atoms with E-state index < -0.39 is 0 Å². The van der Waals surface area contributed by atoms with Crippen molar-refractivity contribution in [3.05, 3.63) is 77.0 Å². The molecule has 0 N–H and O–H groups in total. The molecular weight excluding hydrogens is 372 g/mol. The average Bonchev–Trinajstić information content (AvgIpc) is 3.34. The minimum Gasteiger partial charge on any atom is -0.469 e. The minimum absolute atomic E-state index is 0.0306. The summed E-state index contributed by atoms with van der Waals surface area (Å²) in [4.78, 5) is 21.8. The van der Waals surface area contributed by atoms with Gasteiger partial charge in [-0.1, -0.05) is 41.6 Å². The number of nitrogens with zero attached hydrogens (tertiary/aromatic N) is 4. The van der Waals surface area contributed by atoms with Gasteiger partial charge in [-0.25, -0.2) is 9.50 Å². The lowest BCUT2D eigenvalue weighted by Crippen LogP contribution is -2.21. The zero-order valence-corrected chi connectivity index (χ0v) is 16.1. The molecule has 0 aliphatic heterocycles. The molecule has 0 amide bonds. The Labute approximate surface area is 166 Å². The van der Waals surface area contributed by atoms with E-state index in [1.807, 2.05) is 12.1 Å². The molecule has 140 valence electrons. The summed E-state index contributed by atoms with van der Waals surface area (Å²) in [6, 6.07) is 12.2. The molecule has 1 aliphatic carbocycles. The number of benzene rings is 1. The van der Waals surface area contributed by atoms with E-state index in [1.54, 1.807) is 28.7 Å². The Bertz CT molecular complexity index is 1170. The minimum atomic E-state index is 0.0306. The van der Waals surface area contributed by atoms with Crippen LogP contribution in [0.3, 0.4) is 0 Å². The number of Topliss-reactive ketones (excluding diaryl/α,β-unsaturated/α-hetero) is 1. The van der Waals surface area contributed by atoms with Gasteiger partial charge in [-0.05, 0) is 24.6 Å². The van der Waals surface area contributed by atoms with Gasteiger partial charge in [0.15, 0.2) is 5.78 Å². The highest BCUT2D eigenvalue weighted by Crippen LogP contribution is 2.32. The summed E-state index contributed by atoms with van der Waals surface area (Å²) in [5, 5.41) is 5.16. The molecule has 1 atom stereocenters. The first-order chi connectivity index (χ1) is 13.7. The Kier molecular flexibility index (Phi) is 4.24. The molecule has 1 unspecified atom stereocenters. The fourth-order valence-corrected chi connectivity index (χ4v) is 4.37. The van der Waals surface area contributed by atoms with Crippen LogP contribution in [-0.2, 0) is 12.2 Å². The van der Waals surface area contributed by atoms with E-state index in [9.17, 15) is 4.79 Å². The van der Waals surface area contributed by atoms with Crippen LogP contribution >= 0.6 is 11.8 Å². The maximum atomic E-state index is 12.6. The Hall–Kier alpha value is -2.93. The summed E-state index contributed by atoms with van der Waals surface area (Å²) in [5.41, 5.74) is 3.87. The molecule has 1 aliphatic rings. The van der Waals surface area contributed by atoms with Crippen LogP contribution in [0.15, 0.2) is 58.4 Å². The molecule has 28 heavy (non-hydrogen) atoms. The fourth-order valence-electron chi connectivity index (χ4n) is 3.60. The molecule has 6 nitrogen and oxygen atoms in total. The Morgan fingerprint density at radius 3 is 2.96 bits per heavy atom. The van der Waals surface area contributed by atoms with Crippen molar-refractivity contribution in [2.24, 2.45) is 0 Å². The second-order valence-corrected chi connectivity index (χ2v) is 8.00. The zero-order chi connectivity index (χ0) is 19.1. The van der Waals surface area contributed by atoms with Crippen LogP contribution < -0.4 is 0 Å². The van der Waals surface area contributed by atoms with Crippen LogP contribution in [0.2, 0.25) is 0 Å². The number of carbonyl (C=O) groups excluding carboxylic acids is 1. The molecule has 0 spiro atoms. The van der Waals surface area contributed by atoms with Gasteiger partial charge in [0.25, 0.3) is 5.78 Å². The van der Waals surface area contributed by atoms with E-state index in [2.05, 4.69) is 46.3 Å². The summed E-state index contributed by atoms with van der Waals surface area (Å²) >= 11 is 1.57. The first-order valence-corrected chi connectivity index (χ1v) is 10.2. The van der Waals surface area contributed by atoms with Crippen molar-refractivity contribution in [1.82, 2.24) is 19.6 Å². The van der Waals surface area contributed by atoms with E-state index in [0.29, 0.717) is 29.3 Å². The average molecular weight is 390 g/mol. The van der Waals surface area contributed by atoms with Gasteiger partial charge in [-0.2, -0.15) is 4.98 Å². The van der Waals surface area contributed by atoms with Crippen LogP contribution in [0.5, 0.6) is 0 Å². The van der Waals surface area contributed by atoms with Gasteiger partial charge in [0, 0.05) is 30.7 Å². The SMILES string of the molecule is Cc1cccc(CSc2nc3nc4c(cn3n2)C(=O)CC(c2ccco2)C4)c1. The number of carbonyl (C=O) groups is 1. The summed E-state index contributed by atoms with van der Waals surface area (Å²) in [6.45, 7) is 2.08. The molecule has 0 radical (unpaired) electrons. The Balaban J connectivity index is 1.41. The normalized spacial score (nSPS) is 16.5. The van der Waals surface area contributed by atoms with Crippen molar-refractivity contribution in [2.75, 3.05) is 0 Å². The predicted molar refractivity (Wildman–Crippen MR) is 106 cm³/mol. The first kappa shape index (κ1) is 17.2. The number of hydrogen-bond acceptors (Lipinski definition) is 6. The van der Waals surface area contributed by atoms with Gasteiger partial charge in [-0.15, -0.1) is 5.10 Å². The lowest BCUT2D eigenvalue weighted by molar-refractivity contribution is 0.0958. The molecule has 5 rings (SSSR count). The topological polar surface area (TPSA) is 73.3 Å². The quantitative estimate of drug-likeness (QED) is 0.486. The smallest absolute Gasteiger partial charge is 0.253 e. The third-order valence-electron chi connectivity index (χ3n) is 4.96. The van der Waals surface area contributed by atoms with Crippen molar-refractivity contribution < 1.29 is 9.21 Å². The maximum absolute atomic E-state index is 12.6. The molecule has 0 saturated carbocycles. The van der Waals surface area contributed by atoms with Gasteiger partial charge in [0.05, 0.1) is 17.5 Å². The highest BCUT2D eigenvalue weighted by molar-refractivity contribution is 7.98.